The molecule has 0 bridgehead atoms. The van der Waals surface area contributed by atoms with Gasteiger partial charge in [0.1, 0.15) is 0 Å². The highest BCUT2D eigenvalue weighted by atomic mass is 32.2. The molecule has 0 aromatic heterocycles. The van der Waals surface area contributed by atoms with E-state index in [1.165, 1.54) is 12.1 Å². The van der Waals surface area contributed by atoms with Crippen molar-refractivity contribution in [2.24, 2.45) is 0 Å². The van der Waals surface area contributed by atoms with Crippen LogP contribution in [0.2, 0.25) is 0 Å². The van der Waals surface area contributed by atoms with Crippen molar-refractivity contribution in [2.45, 2.75) is 24.8 Å². The minimum atomic E-state index is -3.66. The fraction of sp³-hybridized carbons (Fsp3) is 0.364. The van der Waals surface area contributed by atoms with E-state index in [1.807, 2.05) is 6.92 Å². The summed E-state index contributed by atoms with van der Waals surface area (Å²) in [5.41, 5.74) is 0.976. The standard InChI is InChI=1S/C11H16N2O3S2/c1-8-3-5-10(6-4-8)18(15,16)13-11(17)12-7-9(2)14/h3-6,9,14H,7H2,1-2H3,(H2,12,13,17). The number of rotatable bonds is 4. The Morgan fingerprint density at radius 1 is 1.39 bits per heavy atom. The summed E-state index contributed by atoms with van der Waals surface area (Å²) in [7, 11) is -3.66. The summed E-state index contributed by atoms with van der Waals surface area (Å²) in [5.74, 6) is 0. The molecule has 3 N–H and O–H groups in total. The molecule has 18 heavy (non-hydrogen) atoms. The van der Waals surface area contributed by atoms with E-state index in [0.717, 1.165) is 5.56 Å². The van der Waals surface area contributed by atoms with Crippen LogP contribution in [0.15, 0.2) is 29.2 Å². The van der Waals surface area contributed by atoms with Gasteiger partial charge in [-0.05, 0) is 38.2 Å². The zero-order valence-electron chi connectivity index (χ0n) is 10.2. The summed E-state index contributed by atoms with van der Waals surface area (Å²) in [6.45, 7) is 3.64. The molecule has 0 radical (unpaired) electrons. The maximum atomic E-state index is 11.9. The van der Waals surface area contributed by atoms with E-state index in [1.54, 1.807) is 19.1 Å². The molecule has 1 atom stereocenters. The molecular weight excluding hydrogens is 272 g/mol. The van der Waals surface area contributed by atoms with Crippen LogP contribution in [-0.4, -0.2) is 31.3 Å². The molecule has 100 valence electrons. The number of aliphatic hydroxyl groups excluding tert-OH is 1. The lowest BCUT2D eigenvalue weighted by Gasteiger charge is -2.12. The zero-order valence-corrected chi connectivity index (χ0v) is 11.8. The van der Waals surface area contributed by atoms with Gasteiger partial charge in [0.25, 0.3) is 10.0 Å². The van der Waals surface area contributed by atoms with E-state index in [-0.39, 0.29) is 16.6 Å². The largest absolute Gasteiger partial charge is 0.392 e. The van der Waals surface area contributed by atoms with Crippen LogP contribution in [0.4, 0.5) is 0 Å². The number of thiocarbonyl (C=S) groups is 1. The Labute approximate surface area is 112 Å². The first-order valence-corrected chi connectivity index (χ1v) is 7.26. The molecule has 7 heteroatoms. The van der Waals surface area contributed by atoms with Crippen LogP contribution in [0.3, 0.4) is 0 Å². The number of aliphatic hydroxyl groups is 1. The molecule has 0 fully saturated rings. The SMILES string of the molecule is Cc1ccc(S(=O)(=O)NC(=S)NCC(C)O)cc1. The first-order valence-electron chi connectivity index (χ1n) is 5.36. The fourth-order valence-corrected chi connectivity index (χ4v) is 2.52. The fourth-order valence-electron chi connectivity index (χ4n) is 1.17. The average molecular weight is 288 g/mol. The molecule has 0 aliphatic heterocycles. The van der Waals surface area contributed by atoms with E-state index in [0.29, 0.717) is 0 Å². The number of benzene rings is 1. The first kappa shape index (κ1) is 14.9. The topological polar surface area (TPSA) is 78.4 Å². The van der Waals surface area contributed by atoms with Crippen LogP contribution in [0.1, 0.15) is 12.5 Å². The maximum absolute atomic E-state index is 11.9. The summed E-state index contributed by atoms with van der Waals surface area (Å²) in [4.78, 5) is 0.147. The third-order valence-electron chi connectivity index (χ3n) is 2.12. The van der Waals surface area contributed by atoms with Crippen LogP contribution >= 0.6 is 12.2 Å². The highest BCUT2D eigenvalue weighted by Gasteiger charge is 2.15. The third kappa shape index (κ3) is 4.59. The monoisotopic (exact) mass is 288 g/mol. The van der Waals surface area contributed by atoms with Crippen LogP contribution in [0, 0.1) is 6.92 Å². The quantitative estimate of drug-likeness (QED) is 0.704. The number of nitrogens with one attached hydrogen (secondary N) is 2. The molecule has 0 saturated carbocycles. The van der Waals surface area contributed by atoms with Gasteiger partial charge < -0.3 is 10.4 Å². The maximum Gasteiger partial charge on any atom is 0.263 e. The van der Waals surface area contributed by atoms with Crippen molar-refractivity contribution in [2.75, 3.05) is 6.54 Å². The third-order valence-corrected chi connectivity index (χ3v) is 3.86. The van der Waals surface area contributed by atoms with Crippen LogP contribution in [0.25, 0.3) is 0 Å². The van der Waals surface area contributed by atoms with Crippen molar-refractivity contribution in [1.82, 2.24) is 10.0 Å². The molecule has 0 heterocycles. The van der Waals surface area contributed by atoms with Crippen LogP contribution in [-0.2, 0) is 10.0 Å². The molecule has 1 rings (SSSR count). The van der Waals surface area contributed by atoms with Crippen molar-refractivity contribution >= 4 is 27.4 Å². The summed E-state index contributed by atoms with van der Waals surface area (Å²) in [6.07, 6.45) is -0.605. The number of sulfonamides is 1. The van der Waals surface area contributed by atoms with Gasteiger partial charge in [-0.15, -0.1) is 0 Å². The predicted octanol–water partition coefficient (Wildman–Crippen LogP) is 0.529. The van der Waals surface area contributed by atoms with Gasteiger partial charge in [0, 0.05) is 6.54 Å². The van der Waals surface area contributed by atoms with Crippen molar-refractivity contribution in [3.63, 3.8) is 0 Å². The second-order valence-electron chi connectivity index (χ2n) is 3.98. The zero-order chi connectivity index (χ0) is 13.8. The Bertz CT molecular complexity index is 510. The second kappa shape index (κ2) is 6.12. The summed E-state index contributed by atoms with van der Waals surface area (Å²) in [6, 6.07) is 6.44. The molecule has 1 aromatic rings. The minimum absolute atomic E-state index is 0.0310. The molecule has 1 unspecified atom stereocenters. The Morgan fingerprint density at radius 2 is 1.94 bits per heavy atom. The number of hydrogen-bond donors (Lipinski definition) is 3. The summed E-state index contributed by atoms with van der Waals surface area (Å²) >= 11 is 4.83. The molecule has 0 aliphatic rings. The van der Waals surface area contributed by atoms with E-state index in [9.17, 15) is 8.42 Å². The lowest BCUT2D eigenvalue weighted by Crippen LogP contribution is -2.41. The average Bonchev–Trinajstić information content (AvgIpc) is 2.26. The van der Waals surface area contributed by atoms with Crippen molar-refractivity contribution in [1.29, 1.82) is 0 Å². The van der Waals surface area contributed by atoms with Gasteiger partial charge in [-0.3, -0.25) is 4.72 Å². The van der Waals surface area contributed by atoms with Gasteiger partial charge in [-0.2, -0.15) is 0 Å². The van der Waals surface area contributed by atoms with E-state index in [4.69, 9.17) is 17.3 Å². The molecule has 1 aromatic carbocycles. The van der Waals surface area contributed by atoms with Crippen LogP contribution in [0.5, 0.6) is 0 Å². The van der Waals surface area contributed by atoms with E-state index >= 15 is 0 Å². The second-order valence-corrected chi connectivity index (χ2v) is 6.07. The van der Waals surface area contributed by atoms with Crippen molar-refractivity contribution < 1.29 is 13.5 Å². The lowest BCUT2D eigenvalue weighted by molar-refractivity contribution is 0.198. The van der Waals surface area contributed by atoms with Gasteiger partial charge >= 0.3 is 0 Å². The van der Waals surface area contributed by atoms with Gasteiger partial charge in [-0.1, -0.05) is 17.7 Å². The molecular formula is C11H16N2O3S2. The van der Waals surface area contributed by atoms with Crippen LogP contribution < -0.4 is 10.0 Å². The van der Waals surface area contributed by atoms with Gasteiger partial charge in [0.2, 0.25) is 0 Å². The molecule has 0 spiro atoms. The Kier molecular flexibility index (Phi) is 5.06. The normalized spacial score (nSPS) is 12.8. The highest BCUT2D eigenvalue weighted by Crippen LogP contribution is 2.09. The molecule has 5 nitrogen and oxygen atoms in total. The van der Waals surface area contributed by atoms with Crippen molar-refractivity contribution in [3.05, 3.63) is 29.8 Å². The predicted molar refractivity (Wildman–Crippen MR) is 73.8 cm³/mol. The van der Waals surface area contributed by atoms with Crippen molar-refractivity contribution in [3.8, 4) is 0 Å². The smallest absolute Gasteiger partial charge is 0.263 e. The first-order chi connectivity index (χ1) is 8.31. The summed E-state index contributed by atoms with van der Waals surface area (Å²) < 4.78 is 26.0. The Hall–Kier alpha value is -1.18. The summed E-state index contributed by atoms with van der Waals surface area (Å²) in [5, 5.41) is 11.6. The molecule has 0 aliphatic carbocycles. The van der Waals surface area contributed by atoms with Gasteiger partial charge in [0.05, 0.1) is 11.0 Å². The molecule has 0 amide bonds. The Balaban J connectivity index is 2.70. The van der Waals surface area contributed by atoms with E-state index in [2.05, 4.69) is 10.0 Å². The van der Waals surface area contributed by atoms with Gasteiger partial charge in [0.15, 0.2) is 5.11 Å². The number of aryl methyl sites for hydroxylation is 1. The minimum Gasteiger partial charge on any atom is -0.392 e. The Morgan fingerprint density at radius 3 is 2.44 bits per heavy atom. The number of hydrogen-bond acceptors (Lipinski definition) is 4. The lowest BCUT2D eigenvalue weighted by atomic mass is 10.2. The molecule has 0 saturated heterocycles. The van der Waals surface area contributed by atoms with Gasteiger partial charge in [-0.25, -0.2) is 8.42 Å². The highest BCUT2D eigenvalue weighted by molar-refractivity contribution is 7.91. The van der Waals surface area contributed by atoms with E-state index < -0.39 is 16.1 Å².